The second-order valence-corrected chi connectivity index (χ2v) is 6.27. The van der Waals surface area contributed by atoms with E-state index in [1.54, 1.807) is 11.8 Å². The largest absolute Gasteiger partial charge is 0.469 e. The van der Waals surface area contributed by atoms with Gasteiger partial charge in [0.25, 0.3) is 0 Å². The van der Waals surface area contributed by atoms with Crippen molar-refractivity contribution in [3.05, 3.63) is 0 Å². The molecule has 5 heteroatoms. The number of likely N-dealkylation sites (tertiary alicyclic amines) is 1. The fourth-order valence-electron chi connectivity index (χ4n) is 2.74. The molecule has 0 radical (unpaired) electrons. The van der Waals surface area contributed by atoms with Crippen LogP contribution >= 0.6 is 11.8 Å². The summed E-state index contributed by atoms with van der Waals surface area (Å²) in [5.41, 5.74) is 0. The third kappa shape index (κ3) is 3.19. The molecule has 1 amide bonds. The number of carbonyl (C=O) groups excluding carboxylic acids is 2. The van der Waals surface area contributed by atoms with Crippen LogP contribution in [-0.4, -0.2) is 47.5 Å². The van der Waals surface area contributed by atoms with Crippen molar-refractivity contribution in [3.63, 3.8) is 0 Å². The number of nitrogens with zero attached hydrogens (tertiary/aromatic N) is 1. The lowest BCUT2D eigenvalue weighted by molar-refractivity contribution is -0.144. The third-order valence-corrected chi connectivity index (χ3v) is 5.11. The van der Waals surface area contributed by atoms with E-state index in [-0.39, 0.29) is 23.2 Å². The van der Waals surface area contributed by atoms with Crippen LogP contribution in [0.25, 0.3) is 0 Å². The molecule has 0 saturated carbocycles. The van der Waals surface area contributed by atoms with E-state index in [0.717, 1.165) is 44.4 Å². The van der Waals surface area contributed by atoms with Crippen LogP contribution in [0, 0.1) is 0 Å². The number of rotatable bonds is 3. The number of hydrogen-bond acceptors (Lipinski definition) is 4. The average Bonchev–Trinajstić information content (AvgIpc) is 2.92. The standard InChI is InChI=1S/C13H21NO3S/c1-17-12(15)9-10-5-2-3-7-14(10)13(16)11-6-4-8-18-11/h10-11H,2-9H2,1H3. The van der Waals surface area contributed by atoms with Gasteiger partial charge in [-0.1, -0.05) is 0 Å². The summed E-state index contributed by atoms with van der Waals surface area (Å²) in [4.78, 5) is 25.8. The van der Waals surface area contributed by atoms with E-state index in [4.69, 9.17) is 4.74 Å². The molecular formula is C13H21NO3S. The molecule has 2 atom stereocenters. The van der Waals surface area contributed by atoms with Gasteiger partial charge < -0.3 is 9.64 Å². The van der Waals surface area contributed by atoms with Gasteiger partial charge in [0.05, 0.1) is 18.8 Å². The molecule has 0 bridgehead atoms. The van der Waals surface area contributed by atoms with Gasteiger partial charge >= 0.3 is 5.97 Å². The maximum atomic E-state index is 12.4. The molecule has 2 aliphatic rings. The van der Waals surface area contributed by atoms with Crippen molar-refractivity contribution in [2.45, 2.75) is 49.8 Å². The van der Waals surface area contributed by atoms with E-state index in [0.29, 0.717) is 6.42 Å². The Kier molecular flexibility index (Phi) is 4.92. The molecule has 2 heterocycles. The van der Waals surface area contributed by atoms with Crippen LogP contribution in [0.5, 0.6) is 0 Å². The van der Waals surface area contributed by atoms with Crippen molar-refractivity contribution in [1.82, 2.24) is 4.90 Å². The van der Waals surface area contributed by atoms with Crippen molar-refractivity contribution in [1.29, 1.82) is 0 Å². The van der Waals surface area contributed by atoms with E-state index >= 15 is 0 Å². The van der Waals surface area contributed by atoms with Crippen LogP contribution in [0.3, 0.4) is 0 Å². The molecule has 0 aliphatic carbocycles. The predicted octanol–water partition coefficient (Wildman–Crippen LogP) is 1.83. The Hall–Kier alpha value is -0.710. The Morgan fingerprint density at radius 3 is 2.78 bits per heavy atom. The first-order valence-corrected chi connectivity index (χ1v) is 7.76. The van der Waals surface area contributed by atoms with Gasteiger partial charge in [-0.25, -0.2) is 0 Å². The average molecular weight is 271 g/mol. The van der Waals surface area contributed by atoms with Gasteiger partial charge in [0.2, 0.25) is 5.91 Å². The number of thioether (sulfide) groups is 1. The highest BCUT2D eigenvalue weighted by Crippen LogP contribution is 2.30. The molecule has 2 aliphatic heterocycles. The summed E-state index contributed by atoms with van der Waals surface area (Å²) in [7, 11) is 1.41. The second kappa shape index (κ2) is 6.45. The Balaban J connectivity index is 1.97. The minimum atomic E-state index is -0.209. The number of amides is 1. The summed E-state index contributed by atoms with van der Waals surface area (Å²) in [6.07, 6.45) is 5.56. The normalized spacial score (nSPS) is 28.2. The van der Waals surface area contributed by atoms with E-state index in [9.17, 15) is 9.59 Å². The van der Waals surface area contributed by atoms with Crippen molar-refractivity contribution in [2.24, 2.45) is 0 Å². The van der Waals surface area contributed by atoms with Gasteiger partial charge in [0.15, 0.2) is 0 Å². The van der Waals surface area contributed by atoms with E-state index < -0.39 is 0 Å². The maximum absolute atomic E-state index is 12.4. The van der Waals surface area contributed by atoms with Crippen LogP contribution < -0.4 is 0 Å². The molecular weight excluding hydrogens is 250 g/mol. The monoisotopic (exact) mass is 271 g/mol. The first kappa shape index (κ1) is 13.7. The summed E-state index contributed by atoms with van der Waals surface area (Å²) in [5.74, 6) is 1.12. The van der Waals surface area contributed by atoms with Gasteiger partial charge in [-0.15, -0.1) is 11.8 Å². The van der Waals surface area contributed by atoms with Crippen LogP contribution in [0.2, 0.25) is 0 Å². The lowest BCUT2D eigenvalue weighted by Gasteiger charge is -2.36. The molecule has 0 aromatic heterocycles. The molecule has 0 aromatic rings. The van der Waals surface area contributed by atoms with E-state index in [2.05, 4.69) is 0 Å². The Morgan fingerprint density at radius 2 is 2.11 bits per heavy atom. The molecule has 0 spiro atoms. The van der Waals surface area contributed by atoms with Gasteiger partial charge in [0, 0.05) is 12.6 Å². The molecule has 0 N–H and O–H groups in total. The Bertz CT molecular complexity index is 315. The molecule has 4 nitrogen and oxygen atoms in total. The zero-order chi connectivity index (χ0) is 13.0. The predicted molar refractivity (Wildman–Crippen MR) is 71.5 cm³/mol. The van der Waals surface area contributed by atoms with Gasteiger partial charge in [-0.05, 0) is 37.9 Å². The van der Waals surface area contributed by atoms with E-state index in [1.807, 2.05) is 4.90 Å². The smallest absolute Gasteiger partial charge is 0.307 e. The fourth-order valence-corrected chi connectivity index (χ4v) is 3.97. The van der Waals surface area contributed by atoms with Gasteiger partial charge in [0.1, 0.15) is 0 Å². The molecule has 2 saturated heterocycles. The topological polar surface area (TPSA) is 46.6 Å². The summed E-state index contributed by atoms with van der Waals surface area (Å²) in [6.45, 7) is 0.803. The van der Waals surface area contributed by atoms with E-state index in [1.165, 1.54) is 7.11 Å². The lowest BCUT2D eigenvalue weighted by atomic mass is 9.98. The maximum Gasteiger partial charge on any atom is 0.307 e. The number of esters is 1. The highest BCUT2D eigenvalue weighted by molar-refractivity contribution is 8.00. The minimum absolute atomic E-state index is 0.0555. The van der Waals surface area contributed by atoms with Crippen molar-refractivity contribution in [3.8, 4) is 0 Å². The molecule has 18 heavy (non-hydrogen) atoms. The number of ether oxygens (including phenoxy) is 1. The van der Waals surface area contributed by atoms with Crippen LogP contribution in [0.4, 0.5) is 0 Å². The Morgan fingerprint density at radius 1 is 1.28 bits per heavy atom. The summed E-state index contributed by atoms with van der Waals surface area (Å²) in [6, 6.07) is 0.0555. The summed E-state index contributed by atoms with van der Waals surface area (Å²) in [5, 5.41) is 0.128. The molecule has 2 unspecified atom stereocenters. The lowest BCUT2D eigenvalue weighted by Crippen LogP contribution is -2.47. The number of piperidine rings is 1. The minimum Gasteiger partial charge on any atom is -0.469 e. The molecule has 0 aromatic carbocycles. The Labute approximate surface area is 112 Å². The highest BCUT2D eigenvalue weighted by Gasteiger charge is 2.34. The zero-order valence-corrected chi connectivity index (χ0v) is 11.7. The van der Waals surface area contributed by atoms with Crippen LogP contribution in [0.15, 0.2) is 0 Å². The SMILES string of the molecule is COC(=O)CC1CCCCN1C(=O)C1CCCS1. The van der Waals surface area contributed by atoms with Crippen LogP contribution in [0.1, 0.15) is 38.5 Å². The number of carbonyl (C=O) groups is 2. The first-order chi connectivity index (χ1) is 8.72. The number of hydrogen-bond donors (Lipinski definition) is 0. The molecule has 102 valence electrons. The van der Waals surface area contributed by atoms with Crippen molar-refractivity contribution in [2.75, 3.05) is 19.4 Å². The molecule has 2 fully saturated rings. The van der Waals surface area contributed by atoms with Crippen LogP contribution in [-0.2, 0) is 14.3 Å². The fraction of sp³-hybridized carbons (Fsp3) is 0.846. The summed E-state index contributed by atoms with van der Waals surface area (Å²) < 4.78 is 4.72. The summed E-state index contributed by atoms with van der Waals surface area (Å²) >= 11 is 1.76. The van der Waals surface area contributed by atoms with Gasteiger partial charge in [-0.2, -0.15) is 0 Å². The highest BCUT2D eigenvalue weighted by atomic mass is 32.2. The quantitative estimate of drug-likeness (QED) is 0.735. The van der Waals surface area contributed by atoms with Crippen molar-refractivity contribution >= 4 is 23.6 Å². The van der Waals surface area contributed by atoms with Gasteiger partial charge in [-0.3, -0.25) is 9.59 Å². The number of methoxy groups -OCH3 is 1. The third-order valence-electron chi connectivity index (χ3n) is 3.75. The second-order valence-electron chi connectivity index (χ2n) is 4.96. The zero-order valence-electron chi connectivity index (χ0n) is 10.9. The molecule has 2 rings (SSSR count). The first-order valence-electron chi connectivity index (χ1n) is 6.71. The van der Waals surface area contributed by atoms with Crippen molar-refractivity contribution < 1.29 is 14.3 Å².